The van der Waals surface area contributed by atoms with Gasteiger partial charge in [-0.1, -0.05) is 30.3 Å². The van der Waals surface area contributed by atoms with Gasteiger partial charge in [0.25, 0.3) is 5.91 Å². The maximum Gasteiger partial charge on any atom is 0.323 e. The van der Waals surface area contributed by atoms with Crippen molar-refractivity contribution in [3.63, 3.8) is 0 Å². The zero-order chi connectivity index (χ0) is 24.5. The maximum atomic E-state index is 13.2. The first kappa shape index (κ1) is 24.7. The summed E-state index contributed by atoms with van der Waals surface area (Å²) < 4.78 is 0. The summed E-state index contributed by atoms with van der Waals surface area (Å²) in [5, 5.41) is 8.79. The quantitative estimate of drug-likeness (QED) is 0.339. The Labute approximate surface area is 211 Å². The number of carbonyl (C=O) groups is 2. The van der Waals surface area contributed by atoms with Crippen LogP contribution < -0.4 is 20.9 Å². The Morgan fingerprint density at radius 1 is 0.857 bits per heavy atom. The molecular formula is C28H32N4O2S. The van der Waals surface area contributed by atoms with Crippen molar-refractivity contribution in [1.29, 1.82) is 0 Å². The molecule has 1 fully saturated rings. The topological polar surface area (TPSA) is 73.5 Å². The number of anilines is 3. The summed E-state index contributed by atoms with van der Waals surface area (Å²) in [7, 11) is 0. The van der Waals surface area contributed by atoms with Gasteiger partial charge in [-0.25, -0.2) is 4.79 Å². The lowest BCUT2D eigenvalue weighted by Crippen LogP contribution is -2.33. The van der Waals surface area contributed by atoms with E-state index in [4.69, 9.17) is 0 Å². The molecule has 7 heteroatoms. The van der Waals surface area contributed by atoms with Crippen LogP contribution >= 0.6 is 11.8 Å². The van der Waals surface area contributed by atoms with Crippen molar-refractivity contribution in [2.45, 2.75) is 30.6 Å². The molecule has 0 aromatic heterocycles. The van der Waals surface area contributed by atoms with Crippen molar-refractivity contribution in [2.75, 3.05) is 41.4 Å². The van der Waals surface area contributed by atoms with Crippen LogP contribution in [0.5, 0.6) is 0 Å². The fourth-order valence-electron chi connectivity index (χ4n) is 4.23. The average Bonchev–Trinajstić information content (AvgIpc) is 2.90. The number of thioether (sulfide) groups is 1. The molecule has 1 aliphatic rings. The van der Waals surface area contributed by atoms with Crippen LogP contribution in [0.1, 0.15) is 35.2 Å². The van der Waals surface area contributed by atoms with Crippen LogP contribution in [0.15, 0.2) is 77.7 Å². The molecule has 1 aliphatic heterocycles. The molecule has 0 atom stereocenters. The predicted octanol–water partition coefficient (Wildman–Crippen LogP) is 6.02. The summed E-state index contributed by atoms with van der Waals surface area (Å²) in [5.74, 6) is -0.127. The van der Waals surface area contributed by atoms with Crippen molar-refractivity contribution in [2.24, 2.45) is 0 Å². The molecule has 1 saturated heterocycles. The number of rotatable bonds is 8. The highest BCUT2D eigenvalue weighted by molar-refractivity contribution is 7.98. The number of nitrogens with one attached hydrogen (secondary N) is 3. The van der Waals surface area contributed by atoms with E-state index < -0.39 is 0 Å². The van der Waals surface area contributed by atoms with Gasteiger partial charge in [-0.15, -0.1) is 11.8 Å². The summed E-state index contributed by atoms with van der Waals surface area (Å²) >= 11 is 1.65. The average molecular weight is 489 g/mol. The number of piperidine rings is 1. The van der Waals surface area contributed by atoms with E-state index in [9.17, 15) is 9.59 Å². The second-order valence-corrected chi connectivity index (χ2v) is 9.46. The summed E-state index contributed by atoms with van der Waals surface area (Å²) in [6.07, 6.45) is 6.23. The van der Waals surface area contributed by atoms with Crippen molar-refractivity contribution < 1.29 is 9.59 Å². The minimum Gasteiger partial charge on any atom is -0.371 e. The van der Waals surface area contributed by atoms with E-state index >= 15 is 0 Å². The van der Waals surface area contributed by atoms with Gasteiger partial charge in [-0.3, -0.25) is 4.79 Å². The Morgan fingerprint density at radius 3 is 2.26 bits per heavy atom. The van der Waals surface area contributed by atoms with E-state index in [1.807, 2.05) is 60.9 Å². The molecule has 35 heavy (non-hydrogen) atoms. The normalized spacial score (nSPS) is 13.2. The molecule has 0 spiro atoms. The number of carbonyl (C=O) groups excluding carboxylic acids is 2. The van der Waals surface area contributed by atoms with Gasteiger partial charge < -0.3 is 20.9 Å². The number of hydrogen-bond donors (Lipinski definition) is 3. The molecule has 0 aliphatic carbocycles. The third-order valence-corrected chi connectivity index (χ3v) is 6.83. The van der Waals surface area contributed by atoms with Gasteiger partial charge in [0.2, 0.25) is 0 Å². The molecule has 4 rings (SSSR count). The highest BCUT2D eigenvalue weighted by Gasteiger charge is 2.19. The van der Waals surface area contributed by atoms with Crippen LogP contribution in [0.3, 0.4) is 0 Å². The van der Waals surface area contributed by atoms with Crippen molar-refractivity contribution in [3.05, 3.63) is 83.9 Å². The minimum absolute atomic E-state index is 0.127. The third-order valence-electron chi connectivity index (χ3n) is 6.09. The van der Waals surface area contributed by atoms with Crippen LogP contribution in [-0.4, -0.2) is 37.8 Å². The molecule has 0 unspecified atom stereocenters. The molecule has 3 aromatic carbocycles. The maximum absolute atomic E-state index is 13.2. The largest absolute Gasteiger partial charge is 0.371 e. The van der Waals surface area contributed by atoms with Gasteiger partial charge in [-0.05, 0) is 80.0 Å². The lowest BCUT2D eigenvalue weighted by molar-refractivity contribution is 0.0954. The van der Waals surface area contributed by atoms with Crippen LogP contribution in [0.25, 0.3) is 0 Å². The predicted molar refractivity (Wildman–Crippen MR) is 146 cm³/mol. The SMILES string of the molecule is CSc1ccc(NC(=O)Nc2ccc(N3CCCCC3)c(C(=O)NCCc3ccccc3)c2)cc1. The number of nitrogens with zero attached hydrogens (tertiary/aromatic N) is 1. The molecule has 3 N–H and O–H groups in total. The number of amides is 3. The van der Waals surface area contributed by atoms with Gasteiger partial charge in [0.05, 0.1) is 5.56 Å². The fourth-order valence-corrected chi connectivity index (χ4v) is 4.64. The lowest BCUT2D eigenvalue weighted by Gasteiger charge is -2.30. The molecule has 3 amide bonds. The van der Waals surface area contributed by atoms with E-state index in [-0.39, 0.29) is 11.9 Å². The van der Waals surface area contributed by atoms with Crippen LogP contribution in [0, 0.1) is 0 Å². The van der Waals surface area contributed by atoms with E-state index in [2.05, 4.69) is 33.0 Å². The van der Waals surface area contributed by atoms with Gasteiger partial charge >= 0.3 is 6.03 Å². The zero-order valence-corrected chi connectivity index (χ0v) is 20.9. The Hall–Kier alpha value is -3.45. The van der Waals surface area contributed by atoms with E-state index in [1.165, 1.54) is 12.0 Å². The zero-order valence-electron chi connectivity index (χ0n) is 20.0. The number of benzene rings is 3. The number of urea groups is 1. The summed E-state index contributed by atoms with van der Waals surface area (Å²) in [5.41, 5.74) is 3.98. The minimum atomic E-state index is -0.344. The molecule has 0 bridgehead atoms. The van der Waals surface area contributed by atoms with E-state index in [1.54, 1.807) is 17.8 Å². The molecule has 6 nitrogen and oxygen atoms in total. The molecule has 182 valence electrons. The number of hydrogen-bond acceptors (Lipinski definition) is 4. The monoisotopic (exact) mass is 488 g/mol. The van der Waals surface area contributed by atoms with Crippen molar-refractivity contribution >= 4 is 40.8 Å². The molecule has 0 saturated carbocycles. The molecule has 3 aromatic rings. The van der Waals surface area contributed by atoms with Gasteiger partial charge in [-0.2, -0.15) is 0 Å². The molecular weight excluding hydrogens is 456 g/mol. The smallest absolute Gasteiger partial charge is 0.323 e. The first-order valence-electron chi connectivity index (χ1n) is 12.1. The molecule has 1 heterocycles. The fraction of sp³-hybridized carbons (Fsp3) is 0.286. The van der Waals surface area contributed by atoms with Gasteiger partial charge in [0.1, 0.15) is 0 Å². The van der Waals surface area contributed by atoms with Crippen molar-refractivity contribution in [3.8, 4) is 0 Å². The first-order chi connectivity index (χ1) is 17.1. The summed E-state index contributed by atoms with van der Waals surface area (Å²) in [6.45, 7) is 2.42. The van der Waals surface area contributed by atoms with Gasteiger partial charge in [0, 0.05) is 41.6 Å². The highest BCUT2D eigenvalue weighted by atomic mass is 32.2. The molecule has 0 radical (unpaired) electrons. The van der Waals surface area contributed by atoms with E-state index in [0.29, 0.717) is 23.5 Å². The summed E-state index contributed by atoms with van der Waals surface area (Å²) in [6, 6.07) is 23.0. The third kappa shape index (κ3) is 7.02. The summed E-state index contributed by atoms with van der Waals surface area (Å²) in [4.78, 5) is 29.2. The highest BCUT2D eigenvalue weighted by Crippen LogP contribution is 2.27. The van der Waals surface area contributed by atoms with Crippen LogP contribution in [-0.2, 0) is 6.42 Å². The van der Waals surface area contributed by atoms with Crippen molar-refractivity contribution in [1.82, 2.24) is 5.32 Å². The van der Waals surface area contributed by atoms with Crippen LogP contribution in [0.2, 0.25) is 0 Å². The van der Waals surface area contributed by atoms with Gasteiger partial charge in [0.15, 0.2) is 0 Å². The standard InChI is InChI=1S/C28H32N4O2S/c1-35-24-13-10-22(11-14-24)30-28(34)31-23-12-15-26(32-18-6-3-7-19-32)25(20-23)27(33)29-17-16-21-8-4-2-5-9-21/h2,4-5,8-15,20H,3,6-7,16-19H2,1H3,(H,29,33)(H2,30,31,34). The second kappa shape index (κ2) is 12.3. The Morgan fingerprint density at radius 2 is 1.54 bits per heavy atom. The van der Waals surface area contributed by atoms with E-state index in [0.717, 1.165) is 42.9 Å². The first-order valence-corrected chi connectivity index (χ1v) is 13.3. The Bertz CT molecular complexity index is 1130. The Balaban J connectivity index is 1.46. The lowest BCUT2D eigenvalue weighted by atomic mass is 10.1. The Kier molecular flexibility index (Phi) is 8.68. The second-order valence-electron chi connectivity index (χ2n) is 8.58. The van der Waals surface area contributed by atoms with Crippen LogP contribution in [0.4, 0.5) is 21.9 Å².